The molecule has 6 heteroatoms. The Morgan fingerprint density at radius 2 is 1.79 bits per heavy atom. The number of nitrogens with one attached hydrogen (secondary N) is 1. The van der Waals surface area contributed by atoms with E-state index in [1.165, 1.54) is 0 Å². The van der Waals surface area contributed by atoms with Crippen LogP contribution >= 0.6 is 0 Å². The maximum absolute atomic E-state index is 11.8. The van der Waals surface area contributed by atoms with Crippen LogP contribution in [-0.4, -0.2) is 53.9 Å². The minimum Gasteiger partial charge on any atom is -0.397 e. The molecule has 0 spiro atoms. The van der Waals surface area contributed by atoms with E-state index in [1.807, 2.05) is 4.90 Å². The number of benzene rings is 1. The van der Waals surface area contributed by atoms with Gasteiger partial charge in [0.1, 0.15) is 0 Å². The van der Waals surface area contributed by atoms with Gasteiger partial charge in [0, 0.05) is 26.1 Å². The van der Waals surface area contributed by atoms with E-state index >= 15 is 0 Å². The third kappa shape index (κ3) is 5.69. The predicted molar refractivity (Wildman–Crippen MR) is 74.7 cm³/mol. The molecule has 106 valence electrons. The van der Waals surface area contributed by atoms with Gasteiger partial charge in [-0.2, -0.15) is 0 Å². The Labute approximate surface area is 112 Å². The first kappa shape index (κ1) is 15.4. The third-order valence-corrected chi connectivity index (χ3v) is 2.72. The van der Waals surface area contributed by atoms with E-state index in [0.29, 0.717) is 31.0 Å². The molecule has 1 amide bonds. The van der Waals surface area contributed by atoms with Crippen molar-refractivity contribution in [3.63, 3.8) is 0 Å². The van der Waals surface area contributed by atoms with Crippen LogP contribution in [0.15, 0.2) is 24.3 Å². The molecule has 0 atom stereocenters. The van der Waals surface area contributed by atoms with Crippen molar-refractivity contribution in [3.8, 4) is 0 Å². The van der Waals surface area contributed by atoms with Crippen molar-refractivity contribution in [1.82, 2.24) is 4.90 Å². The zero-order valence-electron chi connectivity index (χ0n) is 10.9. The highest BCUT2D eigenvalue weighted by Crippen LogP contribution is 2.16. The quantitative estimate of drug-likeness (QED) is 0.492. The molecule has 0 aliphatic carbocycles. The summed E-state index contributed by atoms with van der Waals surface area (Å²) in [6.07, 6.45) is 0.286. The first-order chi connectivity index (χ1) is 9.17. The van der Waals surface area contributed by atoms with Gasteiger partial charge >= 0.3 is 0 Å². The van der Waals surface area contributed by atoms with E-state index < -0.39 is 0 Å². The topological polar surface area (TPSA) is 98.8 Å². The number of nitrogen functional groups attached to an aromatic ring is 1. The first-order valence-electron chi connectivity index (χ1n) is 6.25. The van der Waals surface area contributed by atoms with Crippen LogP contribution in [0.4, 0.5) is 11.4 Å². The number of para-hydroxylation sites is 2. The van der Waals surface area contributed by atoms with Gasteiger partial charge in [0.25, 0.3) is 0 Å². The van der Waals surface area contributed by atoms with Crippen molar-refractivity contribution >= 4 is 17.3 Å². The number of aliphatic hydroxyl groups is 2. The van der Waals surface area contributed by atoms with Gasteiger partial charge in [-0.25, -0.2) is 0 Å². The zero-order valence-corrected chi connectivity index (χ0v) is 10.9. The van der Waals surface area contributed by atoms with Crippen molar-refractivity contribution in [2.45, 2.75) is 6.42 Å². The van der Waals surface area contributed by atoms with Gasteiger partial charge in [-0.3, -0.25) is 9.69 Å². The zero-order chi connectivity index (χ0) is 14.1. The molecule has 0 heterocycles. The number of anilines is 2. The second kappa shape index (κ2) is 8.47. The number of carbonyl (C=O) groups excluding carboxylic acids is 1. The van der Waals surface area contributed by atoms with Gasteiger partial charge in [-0.05, 0) is 12.1 Å². The molecule has 6 nitrogen and oxygen atoms in total. The maximum Gasteiger partial charge on any atom is 0.225 e. The van der Waals surface area contributed by atoms with Crippen LogP contribution in [0.5, 0.6) is 0 Å². The highest BCUT2D eigenvalue weighted by Gasteiger charge is 2.08. The predicted octanol–water partition coefficient (Wildman–Crippen LogP) is -0.116. The molecule has 0 saturated carbocycles. The molecule has 0 fully saturated rings. The number of amides is 1. The van der Waals surface area contributed by atoms with E-state index in [9.17, 15) is 4.79 Å². The molecule has 0 saturated heterocycles. The SMILES string of the molecule is Nc1ccccc1NC(=O)CCN(CCO)CCO. The number of aliphatic hydroxyl groups excluding tert-OH is 2. The third-order valence-electron chi connectivity index (χ3n) is 2.72. The Hall–Kier alpha value is -1.63. The largest absolute Gasteiger partial charge is 0.397 e. The van der Waals surface area contributed by atoms with Crippen LogP contribution in [0.2, 0.25) is 0 Å². The smallest absolute Gasteiger partial charge is 0.225 e. The first-order valence-corrected chi connectivity index (χ1v) is 6.25. The van der Waals surface area contributed by atoms with Gasteiger partial charge in [-0.15, -0.1) is 0 Å². The number of hydrogen-bond acceptors (Lipinski definition) is 5. The van der Waals surface area contributed by atoms with E-state index in [-0.39, 0.29) is 25.5 Å². The molecule has 0 aromatic heterocycles. The van der Waals surface area contributed by atoms with Gasteiger partial charge in [0.15, 0.2) is 0 Å². The van der Waals surface area contributed by atoms with Gasteiger partial charge in [0.05, 0.1) is 24.6 Å². The molecule has 0 aliphatic heterocycles. The van der Waals surface area contributed by atoms with Gasteiger partial charge in [-0.1, -0.05) is 12.1 Å². The van der Waals surface area contributed by atoms with Crippen molar-refractivity contribution in [1.29, 1.82) is 0 Å². The Morgan fingerprint density at radius 1 is 1.16 bits per heavy atom. The standard InChI is InChI=1S/C13H21N3O3/c14-11-3-1-2-4-12(11)15-13(19)5-6-16(7-9-17)8-10-18/h1-4,17-18H,5-10,14H2,(H,15,19). The van der Waals surface area contributed by atoms with Crippen molar-refractivity contribution in [2.24, 2.45) is 0 Å². The minimum absolute atomic E-state index is 0.00719. The Balaban J connectivity index is 2.40. The molecular weight excluding hydrogens is 246 g/mol. The summed E-state index contributed by atoms with van der Waals surface area (Å²) in [5.41, 5.74) is 6.86. The molecule has 0 unspecified atom stereocenters. The van der Waals surface area contributed by atoms with E-state index in [0.717, 1.165) is 0 Å². The van der Waals surface area contributed by atoms with Crippen LogP contribution in [0, 0.1) is 0 Å². The lowest BCUT2D eigenvalue weighted by atomic mass is 10.2. The average Bonchev–Trinajstić information content (AvgIpc) is 2.39. The summed E-state index contributed by atoms with van der Waals surface area (Å²) < 4.78 is 0. The fourth-order valence-electron chi connectivity index (χ4n) is 1.70. The molecule has 5 N–H and O–H groups in total. The molecule has 0 bridgehead atoms. The molecule has 0 radical (unpaired) electrons. The lowest BCUT2D eigenvalue weighted by Gasteiger charge is -2.19. The monoisotopic (exact) mass is 267 g/mol. The molecule has 0 aliphatic rings. The van der Waals surface area contributed by atoms with Crippen LogP contribution < -0.4 is 11.1 Å². The van der Waals surface area contributed by atoms with Crippen LogP contribution in [0.25, 0.3) is 0 Å². The summed E-state index contributed by atoms with van der Waals surface area (Å²) in [5.74, 6) is -0.140. The van der Waals surface area contributed by atoms with E-state index in [1.54, 1.807) is 24.3 Å². The fraction of sp³-hybridized carbons (Fsp3) is 0.462. The second-order valence-electron chi connectivity index (χ2n) is 4.17. The molecule has 19 heavy (non-hydrogen) atoms. The molecular formula is C13H21N3O3. The molecule has 1 aromatic rings. The lowest BCUT2D eigenvalue weighted by molar-refractivity contribution is -0.116. The number of carbonyl (C=O) groups is 1. The van der Waals surface area contributed by atoms with E-state index in [4.69, 9.17) is 15.9 Å². The number of hydrogen-bond donors (Lipinski definition) is 4. The fourth-order valence-corrected chi connectivity index (χ4v) is 1.70. The van der Waals surface area contributed by atoms with E-state index in [2.05, 4.69) is 5.32 Å². The summed E-state index contributed by atoms with van der Waals surface area (Å²) in [6.45, 7) is 1.39. The molecule has 1 aromatic carbocycles. The Bertz CT molecular complexity index is 392. The Kier molecular flexibility index (Phi) is 6.88. The number of nitrogens with two attached hydrogens (primary N) is 1. The van der Waals surface area contributed by atoms with Crippen molar-refractivity contribution in [3.05, 3.63) is 24.3 Å². The number of rotatable bonds is 8. The highest BCUT2D eigenvalue weighted by atomic mass is 16.3. The van der Waals surface area contributed by atoms with Crippen LogP contribution in [0.3, 0.4) is 0 Å². The lowest BCUT2D eigenvalue weighted by Crippen LogP contribution is -2.32. The normalized spacial score (nSPS) is 10.7. The van der Waals surface area contributed by atoms with Gasteiger partial charge in [0.2, 0.25) is 5.91 Å². The maximum atomic E-state index is 11.8. The minimum atomic E-state index is -0.140. The second-order valence-corrected chi connectivity index (χ2v) is 4.17. The summed E-state index contributed by atoms with van der Waals surface area (Å²) in [4.78, 5) is 13.6. The average molecular weight is 267 g/mol. The van der Waals surface area contributed by atoms with Crippen LogP contribution in [-0.2, 0) is 4.79 Å². The molecule has 1 rings (SSSR count). The van der Waals surface area contributed by atoms with Crippen molar-refractivity contribution in [2.75, 3.05) is 43.9 Å². The summed E-state index contributed by atoms with van der Waals surface area (Å²) in [7, 11) is 0. The van der Waals surface area contributed by atoms with Crippen molar-refractivity contribution < 1.29 is 15.0 Å². The van der Waals surface area contributed by atoms with Gasteiger partial charge < -0.3 is 21.3 Å². The highest BCUT2D eigenvalue weighted by molar-refractivity contribution is 5.93. The summed E-state index contributed by atoms with van der Waals surface area (Å²) in [5, 5.41) is 20.5. The summed E-state index contributed by atoms with van der Waals surface area (Å²) in [6, 6.07) is 7.07. The van der Waals surface area contributed by atoms with Crippen LogP contribution in [0.1, 0.15) is 6.42 Å². The number of nitrogens with zero attached hydrogens (tertiary/aromatic N) is 1. The summed E-state index contributed by atoms with van der Waals surface area (Å²) >= 11 is 0. The Morgan fingerprint density at radius 3 is 2.37 bits per heavy atom.